The number of ether oxygens (including phenoxy) is 13. The van der Waals surface area contributed by atoms with Crippen molar-refractivity contribution in [3.8, 4) is 0 Å². The van der Waals surface area contributed by atoms with Crippen molar-refractivity contribution < 1.29 is 127 Å². The van der Waals surface area contributed by atoms with E-state index in [2.05, 4.69) is 13.0 Å². The van der Waals surface area contributed by atoms with Crippen molar-refractivity contribution in [3.63, 3.8) is 0 Å². The number of ketones is 1. The number of allylic oxidation sites excluding steroid dienone is 1. The van der Waals surface area contributed by atoms with E-state index in [1.807, 2.05) is 13.8 Å². The molecule has 26 heteroatoms. The second-order valence-corrected chi connectivity index (χ2v) is 24.9. The zero-order chi connectivity index (χ0) is 58.7. The SMILES string of the molecule is CC(=O)OC1C(C)OC(OC2C(OC3CC(O)CC4=CCC5C6C(=O)C7OC8(OCC(C)C(OC9OC(C)C(O)C(O)C9O)C8O)C(C)C7C6(C)CCC5C43C)OCC(O)C2OC2OCC(O)C(O)C2O)C(OC(C)=O)C1OC(C)=O. The van der Waals surface area contributed by atoms with Crippen LogP contribution in [0.25, 0.3) is 0 Å². The van der Waals surface area contributed by atoms with Gasteiger partial charge in [0.25, 0.3) is 0 Å². The smallest absolute Gasteiger partial charge is 0.303 e. The van der Waals surface area contributed by atoms with Gasteiger partial charge < -0.3 is 108 Å². The van der Waals surface area contributed by atoms with Gasteiger partial charge in [-0.2, -0.15) is 0 Å². The molecular formula is C55H82O26. The molecule has 6 aliphatic heterocycles. The lowest BCUT2D eigenvalue weighted by atomic mass is 9.46. The fraction of sp³-hybridized carbons (Fsp3) is 0.891. The molecule has 0 bridgehead atoms. The van der Waals surface area contributed by atoms with E-state index in [4.69, 9.17) is 61.6 Å². The van der Waals surface area contributed by atoms with Crippen LogP contribution in [-0.2, 0) is 80.8 Å². The van der Waals surface area contributed by atoms with Crippen LogP contribution in [0.1, 0.15) is 94.4 Å². The number of fused-ring (bicyclic) bond motifs is 7. The number of carbonyl (C=O) groups excluding carboxylic acids is 4. The molecule has 81 heavy (non-hydrogen) atoms. The van der Waals surface area contributed by atoms with Crippen molar-refractivity contribution in [3.05, 3.63) is 11.6 Å². The van der Waals surface area contributed by atoms with Gasteiger partial charge in [-0.3, -0.25) is 19.2 Å². The van der Waals surface area contributed by atoms with Crippen LogP contribution in [0, 0.1) is 46.3 Å². The van der Waals surface area contributed by atoms with E-state index in [0.29, 0.717) is 25.7 Å². The van der Waals surface area contributed by atoms with E-state index in [9.17, 15) is 60.3 Å². The van der Waals surface area contributed by atoms with Crippen LogP contribution >= 0.6 is 0 Å². The Morgan fingerprint density at radius 1 is 0.630 bits per heavy atom. The summed E-state index contributed by atoms with van der Waals surface area (Å²) in [5.74, 6) is -6.82. The first-order valence-corrected chi connectivity index (χ1v) is 28.5. The van der Waals surface area contributed by atoms with Crippen LogP contribution < -0.4 is 0 Å². The molecule has 4 aliphatic carbocycles. The number of esters is 3. The summed E-state index contributed by atoms with van der Waals surface area (Å²) < 4.78 is 80.3. The van der Waals surface area contributed by atoms with E-state index >= 15 is 4.79 Å². The van der Waals surface area contributed by atoms with Crippen molar-refractivity contribution in [1.82, 2.24) is 0 Å². The minimum Gasteiger partial charge on any atom is -0.456 e. The average molecular weight is 1160 g/mol. The molecule has 26 nitrogen and oxygen atoms in total. The van der Waals surface area contributed by atoms with Crippen LogP contribution in [-0.4, -0.2) is 236 Å². The summed E-state index contributed by atoms with van der Waals surface area (Å²) in [5.41, 5.74) is -0.683. The Morgan fingerprint density at radius 2 is 1.23 bits per heavy atom. The van der Waals surface area contributed by atoms with E-state index in [0.717, 1.165) is 26.3 Å². The summed E-state index contributed by atoms with van der Waals surface area (Å²) in [4.78, 5) is 53.1. The van der Waals surface area contributed by atoms with E-state index in [1.165, 1.54) is 13.8 Å². The quantitative estimate of drug-likeness (QED) is 0.0623. The van der Waals surface area contributed by atoms with Gasteiger partial charge in [-0.15, -0.1) is 0 Å². The number of hydrogen-bond acceptors (Lipinski definition) is 26. The van der Waals surface area contributed by atoms with Crippen LogP contribution in [0.5, 0.6) is 0 Å². The Kier molecular flexibility index (Phi) is 17.4. The van der Waals surface area contributed by atoms with Gasteiger partial charge in [0.1, 0.15) is 67.1 Å². The topological polar surface area (TPSA) is 370 Å². The number of hydrogen-bond donors (Lipinski definition) is 9. The highest BCUT2D eigenvalue weighted by Gasteiger charge is 2.75. The molecule has 1 spiro atoms. The highest BCUT2D eigenvalue weighted by atomic mass is 16.8. The Labute approximate surface area is 468 Å². The molecule has 0 aromatic rings. The van der Waals surface area contributed by atoms with Gasteiger partial charge >= 0.3 is 17.9 Å². The van der Waals surface area contributed by atoms with Gasteiger partial charge in [0.2, 0.25) is 5.79 Å². The van der Waals surface area contributed by atoms with Gasteiger partial charge in [-0.05, 0) is 56.8 Å². The van der Waals surface area contributed by atoms with Crippen molar-refractivity contribution in [2.75, 3.05) is 19.8 Å². The van der Waals surface area contributed by atoms with Crippen molar-refractivity contribution >= 4 is 23.7 Å². The third-order valence-electron chi connectivity index (χ3n) is 19.8. The fourth-order valence-corrected chi connectivity index (χ4v) is 15.9. The van der Waals surface area contributed by atoms with Gasteiger partial charge in [-0.25, -0.2) is 0 Å². The first-order chi connectivity index (χ1) is 38.1. The second-order valence-electron chi connectivity index (χ2n) is 24.9. The third-order valence-corrected chi connectivity index (χ3v) is 19.8. The molecule has 3 saturated carbocycles. The first-order valence-electron chi connectivity index (χ1n) is 28.5. The van der Waals surface area contributed by atoms with Crippen molar-refractivity contribution in [2.45, 2.75) is 241 Å². The fourth-order valence-electron chi connectivity index (χ4n) is 15.9. The summed E-state index contributed by atoms with van der Waals surface area (Å²) in [6.45, 7) is 13.3. The van der Waals surface area contributed by atoms with Crippen molar-refractivity contribution in [2.24, 2.45) is 46.3 Å². The minimum absolute atomic E-state index is 0.0555. The zero-order valence-corrected chi connectivity index (χ0v) is 46.9. The third kappa shape index (κ3) is 10.5. The lowest BCUT2D eigenvalue weighted by Crippen LogP contribution is -2.66. The summed E-state index contributed by atoms with van der Waals surface area (Å²) in [6, 6.07) is 0. The maximum atomic E-state index is 15.4. The Bertz CT molecular complexity index is 2360. The van der Waals surface area contributed by atoms with Crippen LogP contribution in [0.15, 0.2) is 11.6 Å². The molecule has 458 valence electrons. The second kappa shape index (κ2) is 23.1. The zero-order valence-electron chi connectivity index (χ0n) is 46.9. The lowest BCUT2D eigenvalue weighted by molar-refractivity contribution is -0.382. The van der Waals surface area contributed by atoms with Gasteiger partial charge in [0.05, 0.1) is 50.3 Å². The summed E-state index contributed by atoms with van der Waals surface area (Å²) in [6.07, 6.45) is -28.5. The van der Waals surface area contributed by atoms with Crippen LogP contribution in [0.3, 0.4) is 0 Å². The Balaban J connectivity index is 0.938. The molecule has 32 atom stereocenters. The largest absolute Gasteiger partial charge is 0.456 e. The highest BCUT2D eigenvalue weighted by molar-refractivity contribution is 5.90. The molecule has 9 fully saturated rings. The molecule has 0 amide bonds. The first kappa shape index (κ1) is 61.2. The molecule has 0 aromatic carbocycles. The number of Topliss-reactive ketones (excluding diaryl/α,β-unsaturated/α-hetero) is 1. The van der Waals surface area contributed by atoms with Crippen LogP contribution in [0.2, 0.25) is 0 Å². The number of aliphatic hydroxyl groups is 9. The van der Waals surface area contributed by atoms with Gasteiger partial charge in [-0.1, -0.05) is 39.3 Å². The van der Waals surface area contributed by atoms with Crippen LogP contribution in [0.4, 0.5) is 0 Å². The minimum atomic E-state index is -1.84. The molecule has 6 saturated heterocycles. The highest BCUT2D eigenvalue weighted by Crippen LogP contribution is 2.70. The standard InChI is InChI=1S/C55H82O26/c1-19-16-71-55(48(68)41(19)78-50-40(67)38(65)35(62)21(3)72-50)20(2)33-44(81-55)37(64)34-28-11-10-26-14-27(59)15-32(54(26,9)29(28)12-13-53(33,34)8)77-51-46(43(31(61)18-70-51)79-49-39(66)36(63)30(60)17-69-49)80-52-47(76-25(7)58)45(75-24(6)57)42(22(4)73-52)74-23(5)56/h10,19-22,27-36,38-52,59-63,65-68H,11-18H2,1-9H3. The number of aliphatic hydroxyl groups excluding tert-OH is 9. The van der Waals surface area contributed by atoms with E-state index in [-0.39, 0.29) is 30.6 Å². The van der Waals surface area contributed by atoms with Gasteiger partial charge in [0.15, 0.2) is 49.3 Å². The molecule has 32 unspecified atom stereocenters. The van der Waals surface area contributed by atoms with E-state index < -0.39 is 213 Å². The predicted molar refractivity (Wildman–Crippen MR) is 267 cm³/mol. The maximum absolute atomic E-state index is 15.4. The Morgan fingerprint density at radius 3 is 1.93 bits per heavy atom. The molecular weight excluding hydrogens is 1080 g/mol. The molecule has 6 heterocycles. The number of carbonyl (C=O) groups is 4. The predicted octanol–water partition coefficient (Wildman–Crippen LogP) is -1.85. The number of rotatable bonds is 11. The molecule has 0 aromatic heterocycles. The molecule has 0 radical (unpaired) electrons. The molecule has 10 rings (SSSR count). The summed E-state index contributed by atoms with van der Waals surface area (Å²) >= 11 is 0. The summed E-state index contributed by atoms with van der Waals surface area (Å²) in [7, 11) is 0. The van der Waals surface area contributed by atoms with Gasteiger partial charge in [0, 0.05) is 56.3 Å². The lowest BCUT2D eigenvalue weighted by Gasteiger charge is -2.60. The average Bonchev–Trinajstić information content (AvgIpc) is 3.44. The van der Waals surface area contributed by atoms with Crippen molar-refractivity contribution in [1.29, 1.82) is 0 Å². The maximum Gasteiger partial charge on any atom is 0.303 e. The molecule has 9 N–H and O–H groups in total. The Hall–Kier alpha value is -2.94. The summed E-state index contributed by atoms with van der Waals surface area (Å²) in [5, 5.41) is 99.5. The van der Waals surface area contributed by atoms with E-state index in [1.54, 1.807) is 6.92 Å². The normalized spacial score (nSPS) is 53.3. The monoisotopic (exact) mass is 1160 g/mol. The molecule has 10 aliphatic rings.